The number of fused-ring (bicyclic) bond motifs is 2. The summed E-state index contributed by atoms with van der Waals surface area (Å²) in [7, 11) is 0. The van der Waals surface area contributed by atoms with Crippen molar-refractivity contribution in [2.75, 3.05) is 0 Å². The topological polar surface area (TPSA) is 87.0 Å². The molecule has 0 unspecified atom stereocenters. The molecule has 3 N–H and O–H groups in total. The van der Waals surface area contributed by atoms with Crippen molar-refractivity contribution in [3.8, 4) is 23.0 Å². The van der Waals surface area contributed by atoms with Crippen molar-refractivity contribution in [3.05, 3.63) is 82.9 Å². The summed E-state index contributed by atoms with van der Waals surface area (Å²) in [6, 6.07) is 16.3. The quantitative estimate of drug-likeness (QED) is 0.478. The Kier molecular flexibility index (Phi) is 4.96. The van der Waals surface area contributed by atoms with Gasteiger partial charge in [-0.05, 0) is 23.8 Å². The Morgan fingerprint density at radius 1 is 0.808 bits per heavy atom. The zero-order valence-corrected chi connectivity index (χ0v) is 13.0. The Morgan fingerprint density at radius 2 is 1.35 bits per heavy atom. The van der Waals surface area contributed by atoms with E-state index in [-0.39, 0.29) is 52.5 Å². The molecule has 0 aromatic heterocycles. The van der Waals surface area contributed by atoms with E-state index >= 15 is 0 Å². The van der Waals surface area contributed by atoms with Gasteiger partial charge in [0.2, 0.25) is 0 Å². The minimum atomic E-state index is -1.01. The first kappa shape index (κ1) is 18.3. The van der Waals surface area contributed by atoms with Crippen LogP contribution in [0.1, 0.15) is 33.0 Å². The number of hydrogen-bond acceptors (Lipinski definition) is 4. The van der Waals surface area contributed by atoms with E-state index in [9.17, 15) is 20.1 Å². The molecule has 6 heteroatoms. The molecule has 1 aliphatic rings. The molecule has 0 amide bonds. The Morgan fingerprint density at radius 3 is 1.88 bits per heavy atom. The van der Waals surface area contributed by atoms with Crippen LogP contribution in [0.4, 0.5) is 0 Å². The van der Waals surface area contributed by atoms with E-state index < -0.39 is 5.97 Å². The zero-order chi connectivity index (χ0) is 17.6. The molecule has 3 aromatic carbocycles. The number of carboxylic acids is 1. The molecule has 3 aromatic rings. The van der Waals surface area contributed by atoms with Crippen molar-refractivity contribution in [1.29, 1.82) is 0 Å². The average molecular weight is 358 g/mol. The summed E-state index contributed by atoms with van der Waals surface area (Å²) in [6.07, 6.45) is 0. The van der Waals surface area contributed by atoms with Gasteiger partial charge in [-0.2, -0.15) is 0 Å². The normalized spacial score (nSPS) is 12.3. The van der Waals surface area contributed by atoms with Gasteiger partial charge in [-0.15, -0.1) is 0 Å². The number of aromatic carboxylic acids is 1. The van der Waals surface area contributed by atoms with Crippen LogP contribution in [-0.2, 0) is 0 Å². The van der Waals surface area contributed by atoms with Crippen molar-refractivity contribution in [2.45, 2.75) is 5.92 Å². The monoisotopic (exact) mass is 358 g/mol. The van der Waals surface area contributed by atoms with Gasteiger partial charge in [0.05, 0.1) is 5.56 Å². The van der Waals surface area contributed by atoms with Gasteiger partial charge >= 0.3 is 35.5 Å². The molecule has 0 spiro atoms. The van der Waals surface area contributed by atoms with Gasteiger partial charge in [0, 0.05) is 29.2 Å². The summed E-state index contributed by atoms with van der Waals surface area (Å²) in [5.74, 6) is -0.429. The van der Waals surface area contributed by atoms with Crippen LogP contribution in [0.5, 0.6) is 23.0 Å². The third kappa shape index (κ3) is 3.05. The molecule has 0 fully saturated rings. The summed E-state index contributed by atoms with van der Waals surface area (Å²) >= 11 is 0. The molecule has 0 bridgehead atoms. The van der Waals surface area contributed by atoms with Crippen LogP contribution in [0.25, 0.3) is 0 Å². The van der Waals surface area contributed by atoms with Crippen LogP contribution in [0.15, 0.2) is 60.7 Å². The van der Waals surface area contributed by atoms with Crippen LogP contribution in [0.2, 0.25) is 0 Å². The molecule has 0 aliphatic carbocycles. The van der Waals surface area contributed by atoms with Crippen LogP contribution in [0.3, 0.4) is 0 Å². The van der Waals surface area contributed by atoms with Crippen LogP contribution >= 0.6 is 0 Å². The molecular weight excluding hydrogens is 343 g/mol. The van der Waals surface area contributed by atoms with Crippen molar-refractivity contribution in [3.63, 3.8) is 0 Å². The fourth-order valence-corrected chi connectivity index (χ4v) is 3.26. The summed E-state index contributed by atoms with van der Waals surface area (Å²) in [5.41, 5.74) is 2.33. The summed E-state index contributed by atoms with van der Waals surface area (Å²) < 4.78 is 5.82. The number of phenols is 2. The molecule has 126 valence electrons. The van der Waals surface area contributed by atoms with E-state index in [1.165, 1.54) is 12.1 Å². The first-order valence-corrected chi connectivity index (χ1v) is 7.70. The molecule has 4 rings (SSSR count). The Hall–Kier alpha value is -2.47. The number of benzene rings is 3. The van der Waals surface area contributed by atoms with Gasteiger partial charge in [-0.3, -0.25) is 0 Å². The predicted molar refractivity (Wildman–Crippen MR) is 97.8 cm³/mol. The number of ether oxygens (including phenoxy) is 1. The second-order valence-electron chi connectivity index (χ2n) is 5.87. The maximum atomic E-state index is 11.7. The molecule has 5 nitrogen and oxygen atoms in total. The fraction of sp³-hybridized carbons (Fsp3) is 0.0500. The van der Waals surface area contributed by atoms with Crippen LogP contribution in [0, 0.1) is 0 Å². The first-order valence-electron chi connectivity index (χ1n) is 7.70. The third-order valence-electron chi connectivity index (χ3n) is 4.34. The molecule has 0 radical (unpaired) electrons. The van der Waals surface area contributed by atoms with Crippen molar-refractivity contribution in [1.82, 2.24) is 0 Å². The molecule has 0 atom stereocenters. The van der Waals surface area contributed by atoms with E-state index in [0.29, 0.717) is 17.1 Å². The van der Waals surface area contributed by atoms with Gasteiger partial charge in [0.15, 0.2) is 0 Å². The first-order chi connectivity index (χ1) is 12.0. The molecule has 0 saturated carbocycles. The number of carboxylic acid groups (broad SMARTS) is 1. The molecule has 1 heterocycles. The van der Waals surface area contributed by atoms with E-state index in [1.807, 2.05) is 0 Å². The van der Waals surface area contributed by atoms with E-state index in [2.05, 4.69) is 0 Å². The van der Waals surface area contributed by atoms with Gasteiger partial charge in [0.25, 0.3) is 0 Å². The third-order valence-corrected chi connectivity index (χ3v) is 4.34. The number of hydrogen-bond donors (Lipinski definition) is 3. The number of rotatable bonds is 2. The van der Waals surface area contributed by atoms with E-state index in [1.54, 1.807) is 48.5 Å². The fourth-order valence-electron chi connectivity index (χ4n) is 3.26. The van der Waals surface area contributed by atoms with E-state index in [0.717, 1.165) is 11.1 Å². The Balaban J connectivity index is 0.00000196. The Labute approximate surface area is 171 Å². The van der Waals surface area contributed by atoms with Crippen LogP contribution < -0.4 is 4.74 Å². The SMILES string of the molecule is O=C(O)c1ccccc1C1c2ccc(O)cc2Oc2cc(O)ccc21.[NaH]. The maximum absolute atomic E-state index is 11.7. The van der Waals surface area contributed by atoms with Gasteiger partial charge in [0.1, 0.15) is 23.0 Å². The second-order valence-corrected chi connectivity index (χ2v) is 5.87. The molecular formula is C20H15NaO5. The molecule has 1 aliphatic heterocycles. The van der Waals surface area contributed by atoms with Crippen molar-refractivity contribution < 1.29 is 24.9 Å². The van der Waals surface area contributed by atoms with E-state index in [4.69, 9.17) is 4.74 Å². The van der Waals surface area contributed by atoms with Crippen molar-refractivity contribution >= 4 is 35.5 Å². The second kappa shape index (κ2) is 7.03. The number of aromatic hydroxyl groups is 2. The van der Waals surface area contributed by atoms with Crippen LogP contribution in [-0.4, -0.2) is 50.8 Å². The Bertz CT molecular complexity index is 948. The number of phenolic OH excluding ortho intramolecular Hbond substituents is 2. The van der Waals surface area contributed by atoms with Gasteiger partial charge in [-0.1, -0.05) is 30.3 Å². The van der Waals surface area contributed by atoms with Gasteiger partial charge < -0.3 is 20.1 Å². The summed E-state index contributed by atoms with van der Waals surface area (Å²) in [4.78, 5) is 11.7. The van der Waals surface area contributed by atoms with Crippen molar-refractivity contribution in [2.24, 2.45) is 0 Å². The number of carbonyl (C=O) groups is 1. The molecule has 26 heavy (non-hydrogen) atoms. The molecule has 0 saturated heterocycles. The summed E-state index contributed by atoms with van der Waals surface area (Å²) in [6.45, 7) is 0. The average Bonchev–Trinajstić information content (AvgIpc) is 2.59. The zero-order valence-electron chi connectivity index (χ0n) is 13.0. The summed E-state index contributed by atoms with van der Waals surface area (Å²) in [5, 5.41) is 29.1. The minimum absolute atomic E-state index is 0. The van der Waals surface area contributed by atoms with Gasteiger partial charge in [-0.25, -0.2) is 4.79 Å². The standard InChI is InChI=1S/C20H14O5.Na.H/c21-11-5-7-15-17(9-11)25-18-10-12(22)6-8-16(18)19(15)13-3-1-2-4-14(13)20(23)24;;/h1-10,19,21-22H,(H,23,24);;. The predicted octanol–water partition coefficient (Wildman–Crippen LogP) is 3.43.